The first-order chi connectivity index (χ1) is 13.6. The Morgan fingerprint density at radius 2 is 1.82 bits per heavy atom. The van der Waals surface area contributed by atoms with Gasteiger partial charge in [0, 0.05) is 12.6 Å². The Morgan fingerprint density at radius 1 is 1.14 bits per heavy atom. The van der Waals surface area contributed by atoms with Crippen molar-refractivity contribution in [2.45, 2.75) is 57.4 Å². The van der Waals surface area contributed by atoms with Crippen LogP contribution in [0.4, 0.5) is 4.39 Å². The fourth-order valence-corrected chi connectivity index (χ4v) is 4.35. The quantitative estimate of drug-likeness (QED) is 0.528. The highest BCUT2D eigenvalue weighted by Gasteiger charge is 2.46. The number of hydrogen-bond donors (Lipinski definition) is 0. The molecule has 0 saturated heterocycles. The molecule has 0 aromatic heterocycles. The Bertz CT molecular complexity index is 776. The van der Waals surface area contributed by atoms with E-state index in [9.17, 15) is 9.65 Å². The standard InChI is InChI=1S/C25H31FN2/c1-3-28(18-16-21-7-5-4-6-8-21)20(2)15-17-25(19-27,22-9-10-22)23-11-13-24(26)14-12-23/h4-8,11-14,20,22H,3,9-10,15-18H2,1-2H3. The molecule has 28 heavy (non-hydrogen) atoms. The van der Waals surface area contributed by atoms with E-state index in [2.05, 4.69) is 55.1 Å². The topological polar surface area (TPSA) is 27.0 Å². The predicted octanol–water partition coefficient (Wildman–Crippen LogP) is 5.73. The molecule has 3 rings (SSSR count). The highest BCUT2D eigenvalue weighted by Crippen LogP contribution is 2.50. The van der Waals surface area contributed by atoms with Gasteiger partial charge >= 0.3 is 0 Å². The minimum Gasteiger partial charge on any atom is -0.301 e. The van der Waals surface area contributed by atoms with Crippen molar-refractivity contribution in [1.82, 2.24) is 4.90 Å². The van der Waals surface area contributed by atoms with E-state index < -0.39 is 5.41 Å². The molecule has 1 fully saturated rings. The van der Waals surface area contributed by atoms with Crippen LogP contribution < -0.4 is 0 Å². The second-order valence-electron chi connectivity index (χ2n) is 8.12. The molecule has 2 unspecified atom stereocenters. The lowest BCUT2D eigenvalue weighted by molar-refractivity contribution is 0.199. The summed E-state index contributed by atoms with van der Waals surface area (Å²) in [5.74, 6) is 0.174. The average Bonchev–Trinajstić information content (AvgIpc) is 3.57. The van der Waals surface area contributed by atoms with Gasteiger partial charge in [-0.15, -0.1) is 0 Å². The minimum atomic E-state index is -0.471. The summed E-state index contributed by atoms with van der Waals surface area (Å²) in [7, 11) is 0. The monoisotopic (exact) mass is 378 g/mol. The molecule has 148 valence electrons. The zero-order valence-electron chi connectivity index (χ0n) is 17.1. The Hall–Kier alpha value is -2.18. The molecular weight excluding hydrogens is 347 g/mol. The Kier molecular flexibility index (Phi) is 6.86. The Balaban J connectivity index is 1.65. The van der Waals surface area contributed by atoms with Crippen LogP contribution in [0, 0.1) is 23.1 Å². The van der Waals surface area contributed by atoms with Crippen molar-refractivity contribution in [1.29, 1.82) is 5.26 Å². The van der Waals surface area contributed by atoms with Crippen LogP contribution in [0.5, 0.6) is 0 Å². The van der Waals surface area contributed by atoms with E-state index in [0.29, 0.717) is 12.0 Å². The second-order valence-corrected chi connectivity index (χ2v) is 8.12. The van der Waals surface area contributed by atoms with Gasteiger partial charge in [0.1, 0.15) is 5.82 Å². The van der Waals surface area contributed by atoms with Gasteiger partial charge in [0.2, 0.25) is 0 Å². The van der Waals surface area contributed by atoms with Crippen molar-refractivity contribution < 1.29 is 4.39 Å². The van der Waals surface area contributed by atoms with Gasteiger partial charge in [0.05, 0.1) is 11.5 Å². The molecule has 1 saturated carbocycles. The van der Waals surface area contributed by atoms with Crippen molar-refractivity contribution >= 4 is 0 Å². The molecule has 2 aromatic carbocycles. The van der Waals surface area contributed by atoms with Crippen molar-refractivity contribution in [3.63, 3.8) is 0 Å². The molecule has 0 aliphatic heterocycles. The van der Waals surface area contributed by atoms with E-state index >= 15 is 0 Å². The summed E-state index contributed by atoms with van der Waals surface area (Å²) < 4.78 is 13.4. The van der Waals surface area contributed by atoms with Gasteiger partial charge in [-0.3, -0.25) is 0 Å². The second kappa shape index (κ2) is 9.34. The summed E-state index contributed by atoms with van der Waals surface area (Å²) in [4.78, 5) is 2.51. The van der Waals surface area contributed by atoms with E-state index in [1.54, 1.807) is 0 Å². The zero-order valence-corrected chi connectivity index (χ0v) is 17.1. The van der Waals surface area contributed by atoms with Crippen LogP contribution in [-0.2, 0) is 11.8 Å². The lowest BCUT2D eigenvalue weighted by Crippen LogP contribution is -2.37. The molecule has 1 aliphatic rings. The van der Waals surface area contributed by atoms with Crippen LogP contribution in [0.1, 0.15) is 50.7 Å². The van der Waals surface area contributed by atoms with E-state index in [1.807, 2.05) is 12.1 Å². The summed E-state index contributed by atoms with van der Waals surface area (Å²) in [5, 5.41) is 10.1. The smallest absolute Gasteiger partial charge is 0.123 e. The van der Waals surface area contributed by atoms with Gasteiger partial charge in [-0.2, -0.15) is 5.26 Å². The molecule has 0 spiro atoms. The molecule has 0 N–H and O–H groups in total. The molecule has 0 amide bonds. The third-order valence-corrected chi connectivity index (χ3v) is 6.35. The highest BCUT2D eigenvalue weighted by molar-refractivity contribution is 5.35. The molecule has 2 aromatic rings. The molecular formula is C25H31FN2. The van der Waals surface area contributed by atoms with Crippen molar-refractivity contribution in [3.8, 4) is 6.07 Å². The third-order valence-electron chi connectivity index (χ3n) is 6.35. The molecule has 0 heterocycles. The van der Waals surface area contributed by atoms with Crippen LogP contribution in [0.3, 0.4) is 0 Å². The first-order valence-corrected chi connectivity index (χ1v) is 10.5. The van der Waals surface area contributed by atoms with Crippen LogP contribution in [0.15, 0.2) is 54.6 Å². The number of nitrogens with zero attached hydrogens (tertiary/aromatic N) is 2. The van der Waals surface area contributed by atoms with Crippen molar-refractivity contribution in [2.75, 3.05) is 13.1 Å². The summed E-state index contributed by atoms with van der Waals surface area (Å²) in [6, 6.07) is 20.3. The Labute approximate surface area is 169 Å². The maximum absolute atomic E-state index is 13.4. The molecule has 1 aliphatic carbocycles. The van der Waals surface area contributed by atoms with Crippen LogP contribution in [-0.4, -0.2) is 24.0 Å². The van der Waals surface area contributed by atoms with E-state index in [4.69, 9.17) is 0 Å². The van der Waals surface area contributed by atoms with E-state index in [-0.39, 0.29) is 5.82 Å². The summed E-state index contributed by atoms with van der Waals surface area (Å²) in [6.07, 6.45) is 5.06. The summed E-state index contributed by atoms with van der Waals surface area (Å²) in [5.41, 5.74) is 1.88. The number of likely N-dealkylation sites (N-methyl/N-ethyl adjacent to an activating group) is 1. The summed E-state index contributed by atoms with van der Waals surface area (Å²) >= 11 is 0. The van der Waals surface area contributed by atoms with Crippen LogP contribution >= 0.6 is 0 Å². The molecule has 0 bridgehead atoms. The van der Waals surface area contributed by atoms with Gasteiger partial charge in [0.15, 0.2) is 0 Å². The van der Waals surface area contributed by atoms with E-state index in [0.717, 1.165) is 50.8 Å². The largest absolute Gasteiger partial charge is 0.301 e. The molecule has 3 heteroatoms. The average molecular weight is 379 g/mol. The van der Waals surface area contributed by atoms with Gasteiger partial charge < -0.3 is 4.90 Å². The van der Waals surface area contributed by atoms with Crippen molar-refractivity contribution in [2.24, 2.45) is 5.92 Å². The minimum absolute atomic E-state index is 0.238. The lowest BCUT2D eigenvalue weighted by Gasteiger charge is -2.33. The van der Waals surface area contributed by atoms with E-state index in [1.165, 1.54) is 17.7 Å². The molecule has 0 radical (unpaired) electrons. The van der Waals surface area contributed by atoms with Gasteiger partial charge in [-0.25, -0.2) is 4.39 Å². The SMILES string of the molecule is CCN(CCc1ccccc1)C(C)CCC(C#N)(c1ccc(F)cc1)C1CC1. The van der Waals surface area contributed by atoms with Gasteiger partial charge in [-0.05, 0) is 74.8 Å². The zero-order chi connectivity index (χ0) is 20.0. The fraction of sp³-hybridized carbons (Fsp3) is 0.480. The number of nitriles is 1. The van der Waals surface area contributed by atoms with Crippen molar-refractivity contribution in [3.05, 3.63) is 71.5 Å². The first-order valence-electron chi connectivity index (χ1n) is 10.5. The maximum Gasteiger partial charge on any atom is 0.123 e. The molecule has 2 atom stereocenters. The number of rotatable bonds is 10. The predicted molar refractivity (Wildman–Crippen MR) is 113 cm³/mol. The van der Waals surface area contributed by atoms with Crippen LogP contribution in [0.2, 0.25) is 0 Å². The number of hydrogen-bond acceptors (Lipinski definition) is 2. The third kappa shape index (κ3) is 4.80. The molecule has 2 nitrogen and oxygen atoms in total. The normalized spacial score (nSPS) is 17.1. The Morgan fingerprint density at radius 3 is 2.39 bits per heavy atom. The fourth-order valence-electron chi connectivity index (χ4n) is 4.35. The number of benzene rings is 2. The summed E-state index contributed by atoms with van der Waals surface area (Å²) in [6.45, 7) is 6.52. The first kappa shape index (κ1) is 20.6. The van der Waals surface area contributed by atoms with Crippen LogP contribution in [0.25, 0.3) is 0 Å². The van der Waals surface area contributed by atoms with Gasteiger partial charge in [-0.1, -0.05) is 49.4 Å². The lowest BCUT2D eigenvalue weighted by atomic mass is 9.73. The number of halogens is 1. The highest BCUT2D eigenvalue weighted by atomic mass is 19.1. The van der Waals surface area contributed by atoms with Gasteiger partial charge in [0.25, 0.3) is 0 Å². The maximum atomic E-state index is 13.4.